The fourth-order valence-electron chi connectivity index (χ4n) is 3.03. The molecule has 1 aliphatic rings. The van der Waals surface area contributed by atoms with Gasteiger partial charge >= 0.3 is 5.97 Å². The molecule has 0 aliphatic carbocycles. The normalized spacial score (nSPS) is 15.3. The maximum atomic E-state index is 13.4. The molecule has 2 N–H and O–H groups in total. The van der Waals surface area contributed by atoms with Crippen molar-refractivity contribution in [2.75, 3.05) is 24.6 Å². The van der Waals surface area contributed by atoms with Crippen LogP contribution in [0.15, 0.2) is 42.5 Å². The van der Waals surface area contributed by atoms with Crippen LogP contribution in [-0.2, 0) is 14.3 Å². The van der Waals surface area contributed by atoms with Crippen LogP contribution in [0.1, 0.15) is 23.7 Å². The molecule has 3 rings (SSSR count). The van der Waals surface area contributed by atoms with Crippen molar-refractivity contribution in [2.24, 2.45) is 0 Å². The number of hydrogen-bond donors (Lipinski definition) is 2. The zero-order valence-electron chi connectivity index (χ0n) is 16.7. The molecule has 0 saturated carbocycles. The number of hydrazine groups is 1. The first-order chi connectivity index (χ1) is 14.8. The maximum Gasteiger partial charge on any atom is 0.303 e. The van der Waals surface area contributed by atoms with Crippen molar-refractivity contribution in [3.05, 3.63) is 58.9 Å². The third-order valence-corrected chi connectivity index (χ3v) is 4.86. The first-order valence-corrected chi connectivity index (χ1v) is 9.89. The van der Waals surface area contributed by atoms with Crippen LogP contribution < -0.4 is 20.5 Å². The molecule has 8 nitrogen and oxygen atoms in total. The smallest absolute Gasteiger partial charge is 0.303 e. The average Bonchev–Trinajstić information content (AvgIpc) is 3.21. The Balaban J connectivity index is 1.51. The zero-order chi connectivity index (χ0) is 22.4. The van der Waals surface area contributed by atoms with E-state index in [-0.39, 0.29) is 6.10 Å². The molecular weight excluding hydrogens is 429 g/mol. The van der Waals surface area contributed by atoms with Crippen LogP contribution in [0.5, 0.6) is 5.75 Å². The number of nitrogens with one attached hydrogen (secondary N) is 2. The maximum absolute atomic E-state index is 13.4. The summed E-state index contributed by atoms with van der Waals surface area (Å²) >= 11 is 6.06. The minimum absolute atomic E-state index is 0.144. The number of benzene rings is 2. The number of anilines is 1. The summed E-state index contributed by atoms with van der Waals surface area (Å²) < 4.78 is 23.8. The van der Waals surface area contributed by atoms with Gasteiger partial charge in [-0.05, 0) is 36.4 Å². The van der Waals surface area contributed by atoms with Crippen LogP contribution in [0.3, 0.4) is 0 Å². The Morgan fingerprint density at radius 3 is 2.61 bits per heavy atom. The van der Waals surface area contributed by atoms with Crippen molar-refractivity contribution in [3.8, 4) is 5.75 Å². The second-order valence-corrected chi connectivity index (χ2v) is 7.29. The summed E-state index contributed by atoms with van der Waals surface area (Å²) in [6, 6.07) is 10.8. The summed E-state index contributed by atoms with van der Waals surface area (Å²) in [6.45, 7) is 2.02. The van der Waals surface area contributed by atoms with Gasteiger partial charge in [0.1, 0.15) is 17.7 Å². The standard InChI is InChI=1S/C21H21ClFN3O5/c1-13(27)30-12-20(28)24-25-21(29)14-2-5-16(6-3-14)26-9-8-17(11-26)31-19-10-15(23)4-7-18(19)22/h2-7,10,17H,8-9,11-12H2,1H3,(H,24,28)(H,25,29)/t17-/m1/s1. The fraction of sp³-hybridized carbons (Fsp3) is 0.286. The highest BCUT2D eigenvalue weighted by Crippen LogP contribution is 2.29. The van der Waals surface area contributed by atoms with Crippen molar-refractivity contribution in [2.45, 2.75) is 19.4 Å². The van der Waals surface area contributed by atoms with E-state index < -0.39 is 30.2 Å². The number of carbonyl (C=O) groups is 3. The Bertz CT molecular complexity index is 970. The number of esters is 1. The molecule has 2 aromatic rings. The summed E-state index contributed by atoms with van der Waals surface area (Å²) in [5, 5.41) is 0.357. The van der Waals surface area contributed by atoms with E-state index >= 15 is 0 Å². The highest BCUT2D eigenvalue weighted by molar-refractivity contribution is 6.32. The van der Waals surface area contributed by atoms with E-state index in [9.17, 15) is 18.8 Å². The predicted molar refractivity (Wildman–Crippen MR) is 111 cm³/mol. The van der Waals surface area contributed by atoms with Gasteiger partial charge in [0.05, 0.1) is 11.6 Å². The van der Waals surface area contributed by atoms with Gasteiger partial charge in [-0.2, -0.15) is 0 Å². The van der Waals surface area contributed by atoms with Crippen molar-refractivity contribution >= 4 is 35.1 Å². The molecule has 2 amide bonds. The molecule has 1 heterocycles. The molecule has 1 fully saturated rings. The number of nitrogens with zero attached hydrogens (tertiary/aromatic N) is 1. The number of carbonyl (C=O) groups excluding carboxylic acids is 3. The molecule has 0 spiro atoms. The number of halogens is 2. The molecule has 0 bridgehead atoms. The molecule has 0 aromatic heterocycles. The van der Waals surface area contributed by atoms with E-state index in [1.807, 2.05) is 0 Å². The van der Waals surface area contributed by atoms with Gasteiger partial charge in [0, 0.05) is 37.2 Å². The van der Waals surface area contributed by atoms with Crippen LogP contribution in [0.4, 0.5) is 10.1 Å². The topological polar surface area (TPSA) is 97.0 Å². The van der Waals surface area contributed by atoms with Gasteiger partial charge in [-0.15, -0.1) is 0 Å². The third kappa shape index (κ3) is 6.32. The van der Waals surface area contributed by atoms with Gasteiger partial charge in [0.2, 0.25) is 0 Å². The largest absolute Gasteiger partial charge is 0.487 e. The highest BCUT2D eigenvalue weighted by Gasteiger charge is 2.25. The second-order valence-electron chi connectivity index (χ2n) is 6.88. The Labute approximate surface area is 183 Å². The van der Waals surface area contributed by atoms with Crippen LogP contribution in [0.2, 0.25) is 5.02 Å². The zero-order valence-corrected chi connectivity index (χ0v) is 17.4. The molecular formula is C21H21ClFN3O5. The molecule has 1 saturated heterocycles. The van der Waals surface area contributed by atoms with Crippen LogP contribution >= 0.6 is 11.6 Å². The van der Waals surface area contributed by atoms with Crippen LogP contribution in [-0.4, -0.2) is 43.6 Å². The summed E-state index contributed by atoms with van der Waals surface area (Å²) in [6.07, 6.45) is 0.596. The second kappa shape index (κ2) is 10.1. The lowest BCUT2D eigenvalue weighted by Crippen LogP contribution is -2.43. The van der Waals surface area contributed by atoms with E-state index in [4.69, 9.17) is 16.3 Å². The quantitative estimate of drug-likeness (QED) is 0.519. The van der Waals surface area contributed by atoms with Gasteiger partial charge in [-0.3, -0.25) is 25.2 Å². The first-order valence-electron chi connectivity index (χ1n) is 9.51. The van der Waals surface area contributed by atoms with Crippen molar-refractivity contribution < 1.29 is 28.2 Å². The van der Waals surface area contributed by atoms with Gasteiger partial charge in [-0.25, -0.2) is 4.39 Å². The Kier molecular flexibility index (Phi) is 7.30. The van der Waals surface area contributed by atoms with E-state index in [1.54, 1.807) is 24.3 Å². The Hall–Kier alpha value is -3.33. The molecule has 0 unspecified atom stereocenters. The fourth-order valence-corrected chi connectivity index (χ4v) is 3.19. The van der Waals surface area contributed by atoms with Gasteiger partial charge < -0.3 is 14.4 Å². The van der Waals surface area contributed by atoms with E-state index in [1.165, 1.54) is 25.1 Å². The average molecular weight is 450 g/mol. The van der Waals surface area contributed by atoms with Gasteiger partial charge in [0.15, 0.2) is 6.61 Å². The van der Waals surface area contributed by atoms with Crippen LogP contribution in [0.25, 0.3) is 0 Å². The lowest BCUT2D eigenvalue weighted by Gasteiger charge is -2.19. The molecule has 1 aliphatic heterocycles. The Morgan fingerprint density at radius 2 is 1.90 bits per heavy atom. The molecule has 1 atom stereocenters. The van der Waals surface area contributed by atoms with E-state index in [0.29, 0.717) is 22.9 Å². The predicted octanol–water partition coefficient (Wildman–Crippen LogP) is 2.46. The molecule has 164 valence electrons. The van der Waals surface area contributed by atoms with Gasteiger partial charge in [0.25, 0.3) is 11.8 Å². The lowest BCUT2D eigenvalue weighted by molar-refractivity contribution is -0.146. The summed E-state index contributed by atoms with van der Waals surface area (Å²) in [5.41, 5.74) is 5.65. The highest BCUT2D eigenvalue weighted by atomic mass is 35.5. The monoisotopic (exact) mass is 449 g/mol. The summed E-state index contributed by atoms with van der Waals surface area (Å²) in [4.78, 5) is 36.3. The number of hydrogen-bond acceptors (Lipinski definition) is 6. The molecule has 31 heavy (non-hydrogen) atoms. The lowest BCUT2D eigenvalue weighted by atomic mass is 10.2. The van der Waals surface area contributed by atoms with Crippen molar-refractivity contribution in [3.63, 3.8) is 0 Å². The molecule has 2 aromatic carbocycles. The first kappa shape index (κ1) is 22.4. The number of ether oxygens (including phenoxy) is 2. The molecule has 0 radical (unpaired) electrons. The minimum atomic E-state index is -0.651. The van der Waals surface area contributed by atoms with E-state index in [0.717, 1.165) is 18.7 Å². The third-order valence-electron chi connectivity index (χ3n) is 4.55. The van der Waals surface area contributed by atoms with E-state index in [2.05, 4.69) is 20.5 Å². The summed E-state index contributed by atoms with van der Waals surface area (Å²) in [7, 11) is 0. The Morgan fingerprint density at radius 1 is 1.16 bits per heavy atom. The summed E-state index contributed by atoms with van der Waals surface area (Å²) in [5.74, 6) is -1.85. The van der Waals surface area contributed by atoms with Gasteiger partial charge in [-0.1, -0.05) is 11.6 Å². The van der Waals surface area contributed by atoms with Crippen molar-refractivity contribution in [1.82, 2.24) is 10.9 Å². The van der Waals surface area contributed by atoms with Crippen molar-refractivity contribution in [1.29, 1.82) is 0 Å². The minimum Gasteiger partial charge on any atom is -0.487 e. The number of rotatable bonds is 6. The number of amides is 2. The SMILES string of the molecule is CC(=O)OCC(=O)NNC(=O)c1ccc(N2CC[C@@H](Oc3cc(F)ccc3Cl)C2)cc1. The van der Waals surface area contributed by atoms with Crippen LogP contribution in [0, 0.1) is 5.82 Å². The molecule has 10 heteroatoms.